The van der Waals surface area contributed by atoms with Crippen LogP contribution >= 0.6 is 0 Å². The van der Waals surface area contributed by atoms with E-state index in [1.54, 1.807) is 0 Å². The third-order valence-electron chi connectivity index (χ3n) is 3.21. The number of carbonyl (C=O) groups is 1. The molecule has 1 aromatic carbocycles. The van der Waals surface area contributed by atoms with Crippen LogP contribution in [0.5, 0.6) is 0 Å². The molecule has 0 fully saturated rings. The lowest BCUT2D eigenvalue weighted by molar-refractivity contribution is -0.116. The van der Waals surface area contributed by atoms with Gasteiger partial charge in [-0.2, -0.15) is 0 Å². The Kier molecular flexibility index (Phi) is 3.87. The van der Waals surface area contributed by atoms with Crippen LogP contribution in [-0.4, -0.2) is 33.8 Å². The average molecular weight is 347 g/mol. The van der Waals surface area contributed by atoms with Gasteiger partial charge in [0.05, 0.1) is 11.2 Å². The predicted molar refractivity (Wildman–Crippen MR) is 86.2 cm³/mol. The number of sulfonamides is 1. The summed E-state index contributed by atoms with van der Waals surface area (Å²) in [5.41, 5.74) is 6.99. The van der Waals surface area contributed by atoms with Crippen LogP contribution < -0.4 is 16.2 Å². The van der Waals surface area contributed by atoms with Gasteiger partial charge >= 0.3 is 0 Å². The quantitative estimate of drug-likeness (QED) is 0.584. The maximum Gasteiger partial charge on any atom is 0.244 e. The van der Waals surface area contributed by atoms with E-state index in [0.29, 0.717) is 16.9 Å². The first-order valence-electron chi connectivity index (χ1n) is 6.68. The third-order valence-corrected chi connectivity index (χ3v) is 4.14. The molecule has 10 nitrogen and oxygen atoms in total. The summed E-state index contributed by atoms with van der Waals surface area (Å²) < 4.78 is 23.9. The molecule has 3 aromatic rings. The number of carbonyl (C=O) groups excluding carboxylic acids is 1. The minimum Gasteiger partial charge on any atom is -0.382 e. The number of hydrogen-bond donors (Lipinski definition) is 3. The van der Waals surface area contributed by atoms with Gasteiger partial charge in [-0.3, -0.25) is 4.79 Å². The lowest BCUT2D eigenvalue weighted by Gasteiger charge is -2.07. The molecule has 0 radical (unpaired) electrons. The van der Waals surface area contributed by atoms with Crippen LogP contribution in [0.1, 0.15) is 0 Å². The van der Waals surface area contributed by atoms with E-state index in [-0.39, 0.29) is 23.2 Å². The number of amides is 1. The van der Waals surface area contributed by atoms with E-state index in [2.05, 4.69) is 20.3 Å². The van der Waals surface area contributed by atoms with Crippen LogP contribution in [0.3, 0.4) is 0 Å². The van der Waals surface area contributed by atoms with Crippen molar-refractivity contribution in [2.24, 2.45) is 5.14 Å². The van der Waals surface area contributed by atoms with Gasteiger partial charge in [0.15, 0.2) is 11.5 Å². The van der Waals surface area contributed by atoms with Gasteiger partial charge in [0.1, 0.15) is 18.4 Å². The van der Waals surface area contributed by atoms with Crippen molar-refractivity contribution in [1.29, 1.82) is 0 Å². The molecule has 2 heterocycles. The number of aromatic nitrogens is 4. The normalized spacial score (nSPS) is 11.5. The van der Waals surface area contributed by atoms with Gasteiger partial charge in [0.25, 0.3) is 0 Å². The molecule has 2 aromatic heterocycles. The van der Waals surface area contributed by atoms with Gasteiger partial charge < -0.3 is 15.6 Å². The molecule has 1 amide bonds. The second-order valence-corrected chi connectivity index (χ2v) is 6.48. The van der Waals surface area contributed by atoms with Gasteiger partial charge in [0.2, 0.25) is 15.9 Å². The zero-order valence-electron chi connectivity index (χ0n) is 12.2. The second-order valence-electron chi connectivity index (χ2n) is 4.92. The smallest absolute Gasteiger partial charge is 0.244 e. The van der Waals surface area contributed by atoms with Gasteiger partial charge in [0, 0.05) is 5.69 Å². The molecule has 0 atom stereocenters. The molecule has 0 aliphatic carbocycles. The number of nitrogens with two attached hydrogens (primary N) is 2. The molecule has 0 saturated carbocycles. The number of primary sulfonamides is 1. The zero-order chi connectivity index (χ0) is 17.3. The summed E-state index contributed by atoms with van der Waals surface area (Å²) in [6.07, 6.45) is 2.74. The molecule has 24 heavy (non-hydrogen) atoms. The number of nitrogen functional groups attached to an aromatic ring is 1. The van der Waals surface area contributed by atoms with Crippen molar-refractivity contribution < 1.29 is 13.2 Å². The highest BCUT2D eigenvalue weighted by Crippen LogP contribution is 2.15. The predicted octanol–water partition coefficient (Wildman–Crippen LogP) is -0.305. The first-order valence-corrected chi connectivity index (χ1v) is 8.23. The summed E-state index contributed by atoms with van der Waals surface area (Å²) >= 11 is 0. The fourth-order valence-corrected chi connectivity index (χ4v) is 2.61. The molecule has 0 aliphatic rings. The minimum absolute atomic E-state index is 0.0340. The summed E-state index contributed by atoms with van der Waals surface area (Å²) in [7, 11) is -3.77. The largest absolute Gasteiger partial charge is 0.382 e. The number of hydrogen-bond acceptors (Lipinski definition) is 7. The molecule has 11 heteroatoms. The summed E-state index contributed by atoms with van der Waals surface area (Å²) in [6.45, 7) is -0.0378. The molecule has 0 bridgehead atoms. The van der Waals surface area contributed by atoms with Crippen LogP contribution in [0, 0.1) is 0 Å². The number of fused-ring (bicyclic) bond motifs is 1. The number of nitrogens with zero attached hydrogens (tertiary/aromatic N) is 4. The van der Waals surface area contributed by atoms with Crippen molar-refractivity contribution in [2.45, 2.75) is 11.4 Å². The Balaban J connectivity index is 1.74. The SMILES string of the molecule is Nc1ncnc2c1ncn2CC(=O)Nc1ccc(S(N)(=O)=O)cc1. The minimum atomic E-state index is -3.77. The number of anilines is 2. The van der Waals surface area contributed by atoms with E-state index < -0.39 is 10.0 Å². The van der Waals surface area contributed by atoms with E-state index in [4.69, 9.17) is 10.9 Å². The summed E-state index contributed by atoms with van der Waals surface area (Å²) in [6, 6.07) is 5.52. The number of nitrogens with one attached hydrogen (secondary N) is 1. The molecular formula is C13H13N7O3S. The van der Waals surface area contributed by atoms with Crippen molar-refractivity contribution in [2.75, 3.05) is 11.1 Å². The van der Waals surface area contributed by atoms with Gasteiger partial charge in [-0.1, -0.05) is 0 Å². The van der Waals surface area contributed by atoms with Crippen molar-refractivity contribution in [3.8, 4) is 0 Å². The van der Waals surface area contributed by atoms with Crippen molar-refractivity contribution in [3.05, 3.63) is 36.9 Å². The van der Waals surface area contributed by atoms with Crippen molar-refractivity contribution in [3.63, 3.8) is 0 Å². The monoisotopic (exact) mass is 347 g/mol. The molecule has 0 unspecified atom stereocenters. The Bertz CT molecular complexity index is 1010. The van der Waals surface area contributed by atoms with E-state index in [1.807, 2.05) is 0 Å². The lowest BCUT2D eigenvalue weighted by Crippen LogP contribution is -2.18. The number of rotatable bonds is 4. The first-order chi connectivity index (χ1) is 11.3. The van der Waals surface area contributed by atoms with Gasteiger partial charge in [-0.25, -0.2) is 28.5 Å². The average Bonchev–Trinajstić information content (AvgIpc) is 2.91. The molecule has 0 saturated heterocycles. The topological polar surface area (TPSA) is 159 Å². The Morgan fingerprint density at radius 3 is 2.54 bits per heavy atom. The third kappa shape index (κ3) is 3.16. The van der Waals surface area contributed by atoms with E-state index >= 15 is 0 Å². The Morgan fingerprint density at radius 1 is 1.17 bits per heavy atom. The van der Waals surface area contributed by atoms with Gasteiger partial charge in [-0.05, 0) is 24.3 Å². The summed E-state index contributed by atoms with van der Waals surface area (Å²) in [5, 5.41) is 7.66. The fourth-order valence-electron chi connectivity index (χ4n) is 2.10. The van der Waals surface area contributed by atoms with Crippen LogP contribution in [-0.2, 0) is 21.4 Å². The van der Waals surface area contributed by atoms with Crippen molar-refractivity contribution in [1.82, 2.24) is 19.5 Å². The molecule has 0 aliphatic heterocycles. The standard InChI is InChI=1S/C13H13N7O3S/c14-12-11-13(17-6-16-12)20(7-18-11)5-10(21)19-8-1-3-9(4-2-8)24(15,22)23/h1-4,6-7H,5H2,(H,19,21)(H2,14,16,17)(H2,15,22,23). The molecule has 5 N–H and O–H groups in total. The number of benzene rings is 1. The van der Waals surface area contributed by atoms with Crippen LogP contribution in [0.4, 0.5) is 11.5 Å². The summed E-state index contributed by atoms with van der Waals surface area (Å²) in [5.74, 6) is -0.104. The van der Waals surface area contributed by atoms with E-state index in [1.165, 1.54) is 41.5 Å². The Morgan fingerprint density at radius 2 is 1.88 bits per heavy atom. The number of imidazole rings is 1. The maximum absolute atomic E-state index is 12.1. The first kappa shape index (κ1) is 15.8. The highest BCUT2D eigenvalue weighted by Gasteiger charge is 2.12. The van der Waals surface area contributed by atoms with Crippen molar-refractivity contribution >= 4 is 38.6 Å². The highest BCUT2D eigenvalue weighted by molar-refractivity contribution is 7.89. The molecule has 0 spiro atoms. The van der Waals surface area contributed by atoms with Crippen LogP contribution in [0.15, 0.2) is 41.8 Å². The fraction of sp³-hybridized carbons (Fsp3) is 0.0769. The maximum atomic E-state index is 12.1. The van der Waals surface area contributed by atoms with Crippen LogP contribution in [0.25, 0.3) is 11.2 Å². The zero-order valence-corrected chi connectivity index (χ0v) is 13.1. The highest BCUT2D eigenvalue weighted by atomic mass is 32.2. The van der Waals surface area contributed by atoms with Gasteiger partial charge in [-0.15, -0.1) is 0 Å². The van der Waals surface area contributed by atoms with E-state index in [9.17, 15) is 13.2 Å². The lowest BCUT2D eigenvalue weighted by atomic mass is 10.3. The Hall–Kier alpha value is -3.05. The Labute approximate surface area is 136 Å². The molecule has 124 valence electrons. The van der Waals surface area contributed by atoms with Crippen LogP contribution in [0.2, 0.25) is 0 Å². The second kappa shape index (κ2) is 5.86. The molecular weight excluding hydrogens is 334 g/mol. The summed E-state index contributed by atoms with van der Waals surface area (Å²) in [4.78, 5) is 24.0. The van der Waals surface area contributed by atoms with E-state index in [0.717, 1.165) is 0 Å². The molecule has 3 rings (SSSR count).